The second-order valence-electron chi connectivity index (χ2n) is 3.01. The Kier molecular flexibility index (Phi) is 4.06. The predicted molar refractivity (Wildman–Crippen MR) is 50.0 cm³/mol. The van der Waals surface area contributed by atoms with Crippen LogP contribution in [0.4, 0.5) is 0 Å². The molecule has 0 heterocycles. The van der Waals surface area contributed by atoms with Gasteiger partial charge in [-0.3, -0.25) is 0 Å². The fourth-order valence-electron chi connectivity index (χ4n) is 0.311. The smallest absolute Gasteiger partial charge is 0.0230 e. The maximum atomic E-state index is 2.29. The predicted octanol–water partition coefficient (Wildman–Crippen LogP) is 3.43. The van der Waals surface area contributed by atoms with E-state index in [1.54, 1.807) is 0 Å². The van der Waals surface area contributed by atoms with Crippen molar-refractivity contribution in [2.45, 2.75) is 32.4 Å². The summed E-state index contributed by atoms with van der Waals surface area (Å²) in [6, 6.07) is 0. The van der Waals surface area contributed by atoms with Gasteiger partial charge in [0.2, 0.25) is 0 Å². The quantitative estimate of drug-likeness (QED) is 0.586. The lowest BCUT2D eigenvalue weighted by Crippen LogP contribution is -2.20. The molecule has 0 aromatic carbocycles. The molecule has 0 nitrogen and oxygen atoms in total. The van der Waals surface area contributed by atoms with E-state index >= 15 is 0 Å². The van der Waals surface area contributed by atoms with Crippen LogP contribution < -0.4 is 0 Å². The topological polar surface area (TPSA) is 0 Å². The number of hydrogen-bond acceptors (Lipinski definition) is 2. The van der Waals surface area contributed by atoms with Gasteiger partial charge >= 0.3 is 0 Å². The highest BCUT2D eigenvalue weighted by Crippen LogP contribution is 2.38. The van der Waals surface area contributed by atoms with E-state index in [1.807, 2.05) is 21.6 Å². The first-order chi connectivity index (χ1) is 4.00. The highest BCUT2D eigenvalue weighted by molar-refractivity contribution is 8.76. The van der Waals surface area contributed by atoms with Gasteiger partial charge in [-0.25, -0.2) is 0 Å². The van der Waals surface area contributed by atoms with E-state index in [0.29, 0.717) is 4.75 Å². The molecular weight excluding hydrogens is 148 g/mol. The third-order valence-corrected chi connectivity index (χ3v) is 4.54. The molecule has 0 bridgehead atoms. The van der Waals surface area contributed by atoms with Gasteiger partial charge in [-0.1, -0.05) is 35.4 Å². The molecule has 0 atom stereocenters. The van der Waals surface area contributed by atoms with Crippen LogP contribution in [-0.2, 0) is 0 Å². The van der Waals surface area contributed by atoms with Gasteiger partial charge in [-0.2, -0.15) is 0 Å². The summed E-state index contributed by atoms with van der Waals surface area (Å²) < 4.78 is 0.430. The molecule has 0 aromatic heterocycles. The third-order valence-electron chi connectivity index (χ3n) is 1.69. The SMILES string of the molecule is CSSC(C)(C)C(C)C. The fourth-order valence-corrected chi connectivity index (χ4v) is 2.80. The van der Waals surface area contributed by atoms with Crippen LogP contribution in [0.2, 0.25) is 0 Å². The monoisotopic (exact) mass is 164 g/mol. The van der Waals surface area contributed by atoms with Crippen LogP contribution in [0.1, 0.15) is 27.7 Å². The Morgan fingerprint density at radius 1 is 1.22 bits per heavy atom. The molecule has 0 aliphatic rings. The van der Waals surface area contributed by atoms with Crippen LogP contribution in [-0.4, -0.2) is 11.0 Å². The molecule has 0 saturated heterocycles. The summed E-state index contributed by atoms with van der Waals surface area (Å²) in [7, 11) is 3.81. The van der Waals surface area contributed by atoms with Gasteiger partial charge in [-0.05, 0) is 26.0 Å². The lowest BCUT2D eigenvalue weighted by molar-refractivity contribution is 0.507. The fraction of sp³-hybridized carbons (Fsp3) is 1.00. The van der Waals surface area contributed by atoms with Crippen LogP contribution in [0.25, 0.3) is 0 Å². The molecule has 0 N–H and O–H groups in total. The standard InChI is InChI=1S/C7H16S2/c1-6(2)7(3,4)9-8-5/h6H,1-5H3. The van der Waals surface area contributed by atoms with Gasteiger partial charge in [0, 0.05) is 4.75 Å². The van der Waals surface area contributed by atoms with Gasteiger partial charge in [0.15, 0.2) is 0 Å². The molecule has 0 aliphatic heterocycles. The van der Waals surface area contributed by atoms with Gasteiger partial charge in [0.05, 0.1) is 0 Å². The Labute approximate surface area is 66.6 Å². The highest BCUT2D eigenvalue weighted by atomic mass is 33.1. The van der Waals surface area contributed by atoms with Crippen LogP contribution in [0.5, 0.6) is 0 Å². The molecule has 0 spiro atoms. The first kappa shape index (κ1) is 9.70. The van der Waals surface area contributed by atoms with Gasteiger partial charge < -0.3 is 0 Å². The second kappa shape index (κ2) is 3.77. The Morgan fingerprint density at radius 3 is 1.78 bits per heavy atom. The van der Waals surface area contributed by atoms with Crippen LogP contribution in [0.3, 0.4) is 0 Å². The highest BCUT2D eigenvalue weighted by Gasteiger charge is 2.21. The molecule has 0 saturated carbocycles. The molecule has 56 valence electrons. The molecule has 0 rings (SSSR count). The molecule has 0 unspecified atom stereocenters. The largest absolute Gasteiger partial charge is 0.0970 e. The summed E-state index contributed by atoms with van der Waals surface area (Å²) in [6.45, 7) is 9.12. The van der Waals surface area contributed by atoms with E-state index in [-0.39, 0.29) is 0 Å². The van der Waals surface area contributed by atoms with Crippen molar-refractivity contribution in [2.75, 3.05) is 6.26 Å². The van der Waals surface area contributed by atoms with Crippen molar-refractivity contribution >= 4 is 21.6 Å². The van der Waals surface area contributed by atoms with Gasteiger partial charge in [0.25, 0.3) is 0 Å². The zero-order valence-electron chi connectivity index (χ0n) is 6.89. The lowest BCUT2D eigenvalue weighted by atomic mass is 10.00. The van der Waals surface area contributed by atoms with Crippen LogP contribution in [0, 0.1) is 5.92 Å². The second-order valence-corrected chi connectivity index (χ2v) is 6.06. The zero-order valence-corrected chi connectivity index (χ0v) is 8.53. The summed E-state index contributed by atoms with van der Waals surface area (Å²) in [5.41, 5.74) is 0. The average Bonchev–Trinajstić information content (AvgIpc) is 1.65. The van der Waals surface area contributed by atoms with Crippen molar-refractivity contribution in [2.24, 2.45) is 5.92 Å². The zero-order chi connectivity index (χ0) is 7.49. The first-order valence-corrected chi connectivity index (χ1v) is 5.78. The van der Waals surface area contributed by atoms with Gasteiger partial charge in [0.1, 0.15) is 0 Å². The Morgan fingerprint density at radius 2 is 1.67 bits per heavy atom. The summed E-state index contributed by atoms with van der Waals surface area (Å²) in [5.74, 6) is 0.759. The molecule has 0 amide bonds. The Balaban J connectivity index is 3.70. The molecule has 0 aromatic rings. The van der Waals surface area contributed by atoms with E-state index in [2.05, 4.69) is 34.0 Å². The minimum Gasteiger partial charge on any atom is -0.0970 e. The Bertz CT molecular complexity index is 77.0. The summed E-state index contributed by atoms with van der Waals surface area (Å²) >= 11 is 0. The molecule has 0 fully saturated rings. The molecule has 0 radical (unpaired) electrons. The van der Waals surface area contributed by atoms with Crippen molar-refractivity contribution in [1.82, 2.24) is 0 Å². The first-order valence-electron chi connectivity index (χ1n) is 3.22. The molecular formula is C7H16S2. The average molecular weight is 164 g/mol. The van der Waals surface area contributed by atoms with Crippen LogP contribution in [0.15, 0.2) is 0 Å². The van der Waals surface area contributed by atoms with Crippen molar-refractivity contribution in [3.05, 3.63) is 0 Å². The van der Waals surface area contributed by atoms with E-state index < -0.39 is 0 Å². The van der Waals surface area contributed by atoms with E-state index in [0.717, 1.165) is 5.92 Å². The van der Waals surface area contributed by atoms with E-state index in [4.69, 9.17) is 0 Å². The normalized spacial score (nSPS) is 12.7. The molecule has 0 aliphatic carbocycles. The van der Waals surface area contributed by atoms with Crippen molar-refractivity contribution in [3.63, 3.8) is 0 Å². The number of rotatable bonds is 3. The maximum Gasteiger partial charge on any atom is 0.0230 e. The lowest BCUT2D eigenvalue weighted by Gasteiger charge is -2.26. The van der Waals surface area contributed by atoms with Gasteiger partial charge in [-0.15, -0.1) is 0 Å². The van der Waals surface area contributed by atoms with Crippen LogP contribution >= 0.6 is 21.6 Å². The summed E-state index contributed by atoms with van der Waals surface area (Å²) in [5, 5.41) is 0. The minimum absolute atomic E-state index is 0.430. The van der Waals surface area contributed by atoms with E-state index in [1.165, 1.54) is 0 Å². The van der Waals surface area contributed by atoms with Crippen molar-refractivity contribution < 1.29 is 0 Å². The summed E-state index contributed by atoms with van der Waals surface area (Å²) in [6.07, 6.45) is 2.13. The Hall–Kier alpha value is 0.700. The molecule has 9 heavy (non-hydrogen) atoms. The van der Waals surface area contributed by atoms with Crippen molar-refractivity contribution in [3.8, 4) is 0 Å². The van der Waals surface area contributed by atoms with Crippen molar-refractivity contribution in [1.29, 1.82) is 0 Å². The summed E-state index contributed by atoms with van der Waals surface area (Å²) in [4.78, 5) is 0. The minimum atomic E-state index is 0.430. The third kappa shape index (κ3) is 3.41. The molecule has 2 heteroatoms. The maximum absolute atomic E-state index is 2.29. The van der Waals surface area contributed by atoms with E-state index in [9.17, 15) is 0 Å². The number of hydrogen-bond donors (Lipinski definition) is 0.